The highest BCUT2D eigenvalue weighted by Crippen LogP contribution is 2.21. The standard InChI is InChI=1S/C16H25N3O2/c1-4-6-13(7-5-2)16(20)19(3)14-10-8-12(9-11-14)15(17)18-21/h8-11,13,21H,4-7H2,1-3H3,(H2,17,18). The largest absolute Gasteiger partial charge is 0.409 e. The summed E-state index contributed by atoms with van der Waals surface area (Å²) in [7, 11) is 1.79. The molecule has 1 aromatic carbocycles. The summed E-state index contributed by atoms with van der Waals surface area (Å²) in [5.74, 6) is 0.286. The monoisotopic (exact) mass is 291 g/mol. The molecule has 21 heavy (non-hydrogen) atoms. The van der Waals surface area contributed by atoms with Gasteiger partial charge >= 0.3 is 0 Å². The number of amidine groups is 1. The van der Waals surface area contributed by atoms with Crippen molar-refractivity contribution in [3.8, 4) is 0 Å². The van der Waals surface area contributed by atoms with Gasteiger partial charge in [0.25, 0.3) is 0 Å². The van der Waals surface area contributed by atoms with Crippen LogP contribution in [-0.4, -0.2) is 24.0 Å². The second-order valence-corrected chi connectivity index (χ2v) is 5.20. The summed E-state index contributed by atoms with van der Waals surface area (Å²) in [6.45, 7) is 4.20. The van der Waals surface area contributed by atoms with Crippen LogP contribution in [0.5, 0.6) is 0 Å². The summed E-state index contributed by atoms with van der Waals surface area (Å²) >= 11 is 0. The SMILES string of the molecule is CCCC(CCC)C(=O)N(C)c1ccc(/C(N)=N/O)cc1. The van der Waals surface area contributed by atoms with Gasteiger partial charge in [-0.25, -0.2) is 0 Å². The molecule has 116 valence electrons. The van der Waals surface area contributed by atoms with Crippen LogP contribution in [0.2, 0.25) is 0 Å². The Balaban J connectivity index is 2.86. The first-order chi connectivity index (χ1) is 10.0. The number of carbonyl (C=O) groups is 1. The van der Waals surface area contributed by atoms with Crippen LogP contribution in [0.25, 0.3) is 0 Å². The molecule has 5 heteroatoms. The van der Waals surface area contributed by atoms with Gasteiger partial charge in [-0.15, -0.1) is 0 Å². The van der Waals surface area contributed by atoms with Crippen LogP contribution in [0.4, 0.5) is 5.69 Å². The smallest absolute Gasteiger partial charge is 0.229 e. The number of oxime groups is 1. The van der Waals surface area contributed by atoms with Crippen LogP contribution in [0.15, 0.2) is 29.4 Å². The van der Waals surface area contributed by atoms with Crippen molar-refractivity contribution in [1.82, 2.24) is 0 Å². The van der Waals surface area contributed by atoms with E-state index in [1.54, 1.807) is 36.2 Å². The molecule has 0 radical (unpaired) electrons. The average molecular weight is 291 g/mol. The van der Waals surface area contributed by atoms with Crippen LogP contribution in [-0.2, 0) is 4.79 Å². The van der Waals surface area contributed by atoms with Gasteiger partial charge in [-0.3, -0.25) is 4.79 Å². The quantitative estimate of drug-likeness (QED) is 0.351. The first kappa shape index (κ1) is 17.0. The lowest BCUT2D eigenvalue weighted by atomic mass is 9.96. The summed E-state index contributed by atoms with van der Waals surface area (Å²) in [6, 6.07) is 7.09. The van der Waals surface area contributed by atoms with Crippen molar-refractivity contribution < 1.29 is 10.0 Å². The van der Waals surface area contributed by atoms with E-state index in [9.17, 15) is 4.79 Å². The Hall–Kier alpha value is -2.04. The van der Waals surface area contributed by atoms with Crippen molar-refractivity contribution in [3.63, 3.8) is 0 Å². The second-order valence-electron chi connectivity index (χ2n) is 5.20. The molecule has 0 unspecified atom stereocenters. The third-order valence-corrected chi connectivity index (χ3v) is 3.61. The van der Waals surface area contributed by atoms with Crippen molar-refractivity contribution in [1.29, 1.82) is 0 Å². The van der Waals surface area contributed by atoms with E-state index in [0.717, 1.165) is 31.4 Å². The highest BCUT2D eigenvalue weighted by atomic mass is 16.4. The van der Waals surface area contributed by atoms with Crippen LogP contribution < -0.4 is 10.6 Å². The van der Waals surface area contributed by atoms with Crippen molar-refractivity contribution in [2.45, 2.75) is 39.5 Å². The maximum absolute atomic E-state index is 12.5. The predicted octanol–water partition coefficient (Wildman–Crippen LogP) is 2.96. The molecule has 3 N–H and O–H groups in total. The van der Waals surface area contributed by atoms with Crippen LogP contribution in [0, 0.1) is 5.92 Å². The third-order valence-electron chi connectivity index (χ3n) is 3.61. The normalized spacial score (nSPS) is 11.7. The zero-order valence-corrected chi connectivity index (χ0v) is 13.0. The molecular formula is C16H25N3O2. The van der Waals surface area contributed by atoms with E-state index in [2.05, 4.69) is 19.0 Å². The lowest BCUT2D eigenvalue weighted by Gasteiger charge is -2.23. The van der Waals surface area contributed by atoms with Gasteiger partial charge in [0.15, 0.2) is 5.84 Å². The van der Waals surface area contributed by atoms with Crippen LogP contribution in [0.1, 0.15) is 45.1 Å². The van der Waals surface area contributed by atoms with Gasteiger partial charge in [-0.1, -0.05) is 31.8 Å². The van der Waals surface area contributed by atoms with E-state index in [1.807, 2.05) is 0 Å². The fourth-order valence-electron chi connectivity index (χ4n) is 2.40. The lowest BCUT2D eigenvalue weighted by Crippen LogP contribution is -2.33. The number of hydrogen-bond donors (Lipinski definition) is 2. The van der Waals surface area contributed by atoms with Gasteiger partial charge in [-0.2, -0.15) is 0 Å². The molecule has 1 rings (SSSR count). The van der Waals surface area contributed by atoms with E-state index in [-0.39, 0.29) is 17.7 Å². The second kappa shape index (κ2) is 8.29. The molecule has 0 saturated heterocycles. The first-order valence-corrected chi connectivity index (χ1v) is 7.40. The highest BCUT2D eigenvalue weighted by Gasteiger charge is 2.21. The molecule has 0 aliphatic carbocycles. The number of amides is 1. The molecule has 0 bridgehead atoms. The Labute approximate surface area is 126 Å². The number of carbonyl (C=O) groups excluding carboxylic acids is 1. The zero-order chi connectivity index (χ0) is 15.8. The third kappa shape index (κ3) is 4.48. The van der Waals surface area contributed by atoms with Gasteiger partial charge in [0.1, 0.15) is 0 Å². The molecule has 0 heterocycles. The van der Waals surface area contributed by atoms with Gasteiger partial charge in [0.05, 0.1) is 0 Å². The zero-order valence-electron chi connectivity index (χ0n) is 13.0. The van der Waals surface area contributed by atoms with Gasteiger partial charge in [0, 0.05) is 24.2 Å². The molecule has 0 fully saturated rings. The summed E-state index contributed by atoms with van der Waals surface area (Å²) in [5, 5.41) is 11.6. The topological polar surface area (TPSA) is 78.9 Å². The first-order valence-electron chi connectivity index (χ1n) is 7.40. The fourth-order valence-corrected chi connectivity index (χ4v) is 2.40. The maximum Gasteiger partial charge on any atom is 0.229 e. The van der Waals surface area contributed by atoms with E-state index in [1.165, 1.54) is 0 Å². The molecule has 1 aromatic rings. The van der Waals surface area contributed by atoms with Gasteiger partial charge in [0.2, 0.25) is 5.91 Å². The molecular weight excluding hydrogens is 266 g/mol. The molecule has 5 nitrogen and oxygen atoms in total. The number of nitrogens with two attached hydrogens (primary N) is 1. The van der Waals surface area contributed by atoms with Crippen molar-refractivity contribution in [2.24, 2.45) is 16.8 Å². The Morgan fingerprint density at radius 1 is 1.24 bits per heavy atom. The Kier molecular flexibility index (Phi) is 6.72. The molecule has 1 amide bonds. The minimum atomic E-state index is 0.0605. The molecule has 0 aromatic heterocycles. The summed E-state index contributed by atoms with van der Waals surface area (Å²) in [4.78, 5) is 14.2. The van der Waals surface area contributed by atoms with Crippen molar-refractivity contribution in [3.05, 3.63) is 29.8 Å². The number of rotatable bonds is 7. The molecule has 0 aliphatic rings. The Morgan fingerprint density at radius 3 is 2.19 bits per heavy atom. The van der Waals surface area contributed by atoms with E-state index >= 15 is 0 Å². The molecule has 0 spiro atoms. The van der Waals surface area contributed by atoms with E-state index < -0.39 is 0 Å². The minimum Gasteiger partial charge on any atom is -0.409 e. The van der Waals surface area contributed by atoms with Crippen molar-refractivity contribution >= 4 is 17.4 Å². The summed E-state index contributed by atoms with van der Waals surface area (Å²) in [6.07, 6.45) is 3.85. The minimum absolute atomic E-state index is 0.0605. The van der Waals surface area contributed by atoms with Gasteiger partial charge in [-0.05, 0) is 37.1 Å². The Bertz CT molecular complexity index is 477. The van der Waals surface area contributed by atoms with Crippen LogP contribution in [0.3, 0.4) is 0 Å². The number of anilines is 1. The fraction of sp³-hybridized carbons (Fsp3) is 0.500. The molecule has 0 atom stereocenters. The van der Waals surface area contributed by atoms with Crippen LogP contribution >= 0.6 is 0 Å². The summed E-state index contributed by atoms with van der Waals surface area (Å²) in [5.41, 5.74) is 6.96. The van der Waals surface area contributed by atoms with Gasteiger partial charge < -0.3 is 15.8 Å². The summed E-state index contributed by atoms with van der Waals surface area (Å²) < 4.78 is 0. The van der Waals surface area contributed by atoms with E-state index in [4.69, 9.17) is 10.9 Å². The highest BCUT2D eigenvalue weighted by molar-refractivity contribution is 5.98. The number of benzene rings is 1. The van der Waals surface area contributed by atoms with E-state index in [0.29, 0.717) is 5.56 Å². The molecule has 0 saturated carbocycles. The Morgan fingerprint density at radius 2 is 1.76 bits per heavy atom. The predicted molar refractivity (Wildman–Crippen MR) is 85.7 cm³/mol. The average Bonchev–Trinajstić information content (AvgIpc) is 2.52. The molecule has 0 aliphatic heterocycles. The lowest BCUT2D eigenvalue weighted by molar-refractivity contribution is -0.122. The maximum atomic E-state index is 12.5. The number of nitrogens with zero attached hydrogens (tertiary/aromatic N) is 2. The van der Waals surface area contributed by atoms with Crippen molar-refractivity contribution in [2.75, 3.05) is 11.9 Å². The number of hydrogen-bond acceptors (Lipinski definition) is 3.